The summed E-state index contributed by atoms with van der Waals surface area (Å²) in [4.78, 5) is 0. The van der Waals surface area contributed by atoms with E-state index in [0.717, 1.165) is 24.3 Å². The molecule has 2 N–H and O–H groups in total. The molecule has 0 aromatic heterocycles. The topological polar surface area (TPSA) is 35.2 Å². The molecule has 1 aromatic rings. The van der Waals surface area contributed by atoms with E-state index in [0.29, 0.717) is 10.9 Å². The van der Waals surface area contributed by atoms with Crippen LogP contribution in [0.15, 0.2) is 18.2 Å². The summed E-state index contributed by atoms with van der Waals surface area (Å²) in [6.45, 7) is 7.14. The zero-order valence-electron chi connectivity index (χ0n) is 12.3. The van der Waals surface area contributed by atoms with E-state index in [4.69, 9.17) is 22.1 Å². The van der Waals surface area contributed by atoms with Gasteiger partial charge in [0, 0.05) is 11.1 Å². The van der Waals surface area contributed by atoms with Crippen LogP contribution in [0.3, 0.4) is 0 Å². The fraction of sp³-hybridized carbons (Fsp3) is 0.625. The standard InChI is InChI=1S/C16H26ClNO/c1-4-6-7-13(5-2)11-19-14-8-9-15(12(3)18)16(17)10-14/h8-10,12-13H,4-7,11,18H2,1-3H3. The molecular weight excluding hydrogens is 258 g/mol. The van der Waals surface area contributed by atoms with E-state index in [1.807, 2.05) is 25.1 Å². The third kappa shape index (κ3) is 5.42. The lowest BCUT2D eigenvalue weighted by Crippen LogP contribution is -2.11. The van der Waals surface area contributed by atoms with Crippen molar-refractivity contribution in [3.05, 3.63) is 28.8 Å². The molecule has 0 heterocycles. The van der Waals surface area contributed by atoms with E-state index in [-0.39, 0.29) is 6.04 Å². The molecule has 3 heteroatoms. The second-order valence-electron chi connectivity index (χ2n) is 5.20. The zero-order chi connectivity index (χ0) is 14.3. The molecule has 2 unspecified atom stereocenters. The first-order valence-corrected chi connectivity index (χ1v) is 7.64. The first-order valence-electron chi connectivity index (χ1n) is 7.26. The molecule has 0 saturated heterocycles. The second kappa shape index (κ2) is 8.44. The van der Waals surface area contributed by atoms with Crippen LogP contribution in [0.25, 0.3) is 0 Å². The van der Waals surface area contributed by atoms with Gasteiger partial charge in [-0.15, -0.1) is 0 Å². The molecule has 0 radical (unpaired) electrons. The lowest BCUT2D eigenvalue weighted by molar-refractivity contribution is 0.233. The van der Waals surface area contributed by atoms with Gasteiger partial charge in [0.05, 0.1) is 6.61 Å². The van der Waals surface area contributed by atoms with Crippen LogP contribution in [0.1, 0.15) is 58.1 Å². The van der Waals surface area contributed by atoms with Gasteiger partial charge < -0.3 is 10.5 Å². The van der Waals surface area contributed by atoms with E-state index in [1.165, 1.54) is 19.3 Å². The molecule has 0 amide bonds. The highest BCUT2D eigenvalue weighted by molar-refractivity contribution is 6.31. The van der Waals surface area contributed by atoms with Gasteiger partial charge in [-0.2, -0.15) is 0 Å². The predicted octanol–water partition coefficient (Wildman–Crippen LogP) is 4.95. The molecule has 19 heavy (non-hydrogen) atoms. The van der Waals surface area contributed by atoms with Crippen LogP contribution in [-0.2, 0) is 0 Å². The van der Waals surface area contributed by atoms with E-state index >= 15 is 0 Å². The van der Waals surface area contributed by atoms with Crippen molar-refractivity contribution >= 4 is 11.6 Å². The number of hydrogen-bond acceptors (Lipinski definition) is 2. The largest absolute Gasteiger partial charge is 0.493 e. The van der Waals surface area contributed by atoms with Crippen LogP contribution >= 0.6 is 11.6 Å². The third-order valence-electron chi connectivity index (χ3n) is 3.49. The van der Waals surface area contributed by atoms with Crippen LogP contribution < -0.4 is 10.5 Å². The first-order chi connectivity index (χ1) is 9.08. The summed E-state index contributed by atoms with van der Waals surface area (Å²) in [5.41, 5.74) is 6.80. The summed E-state index contributed by atoms with van der Waals surface area (Å²) in [5, 5.41) is 0.689. The Labute approximate surface area is 122 Å². The molecule has 0 fully saturated rings. The fourth-order valence-electron chi connectivity index (χ4n) is 2.08. The van der Waals surface area contributed by atoms with Crippen molar-refractivity contribution in [2.75, 3.05) is 6.61 Å². The SMILES string of the molecule is CCCCC(CC)COc1ccc(C(C)N)c(Cl)c1. The molecule has 0 aliphatic rings. The minimum Gasteiger partial charge on any atom is -0.493 e. The molecule has 108 valence electrons. The Morgan fingerprint density at radius 2 is 2.05 bits per heavy atom. The summed E-state index contributed by atoms with van der Waals surface area (Å²) in [6.07, 6.45) is 4.90. The maximum Gasteiger partial charge on any atom is 0.120 e. The van der Waals surface area contributed by atoms with Crippen molar-refractivity contribution in [2.24, 2.45) is 11.7 Å². The number of rotatable bonds is 8. The number of benzene rings is 1. The molecular formula is C16H26ClNO. The van der Waals surface area contributed by atoms with Gasteiger partial charge in [-0.25, -0.2) is 0 Å². The van der Waals surface area contributed by atoms with Gasteiger partial charge in [-0.05, 0) is 37.0 Å². The fourth-order valence-corrected chi connectivity index (χ4v) is 2.42. The van der Waals surface area contributed by atoms with Crippen LogP contribution in [0.2, 0.25) is 5.02 Å². The normalized spacial score (nSPS) is 14.2. The van der Waals surface area contributed by atoms with Crippen molar-refractivity contribution in [3.63, 3.8) is 0 Å². The number of halogens is 1. The monoisotopic (exact) mass is 283 g/mol. The third-order valence-corrected chi connectivity index (χ3v) is 3.82. The molecule has 2 atom stereocenters. The summed E-state index contributed by atoms with van der Waals surface area (Å²) in [5.74, 6) is 1.47. The summed E-state index contributed by atoms with van der Waals surface area (Å²) in [6, 6.07) is 5.73. The number of unbranched alkanes of at least 4 members (excludes halogenated alkanes) is 1. The number of nitrogens with two attached hydrogens (primary N) is 1. The van der Waals surface area contributed by atoms with Gasteiger partial charge in [-0.1, -0.05) is 50.8 Å². The van der Waals surface area contributed by atoms with Crippen LogP contribution in [0, 0.1) is 5.92 Å². The van der Waals surface area contributed by atoms with Crippen LogP contribution in [-0.4, -0.2) is 6.61 Å². The minimum atomic E-state index is -0.0468. The molecule has 0 spiro atoms. The minimum absolute atomic E-state index is 0.0468. The van der Waals surface area contributed by atoms with Gasteiger partial charge in [0.25, 0.3) is 0 Å². The summed E-state index contributed by atoms with van der Waals surface area (Å²) >= 11 is 6.20. The van der Waals surface area contributed by atoms with Crippen molar-refractivity contribution in [1.29, 1.82) is 0 Å². The van der Waals surface area contributed by atoms with Gasteiger partial charge in [0.15, 0.2) is 0 Å². The highest BCUT2D eigenvalue weighted by atomic mass is 35.5. The van der Waals surface area contributed by atoms with Crippen molar-refractivity contribution < 1.29 is 4.74 Å². The molecule has 1 rings (SSSR count). The second-order valence-corrected chi connectivity index (χ2v) is 5.61. The van der Waals surface area contributed by atoms with E-state index in [2.05, 4.69) is 13.8 Å². The lowest BCUT2D eigenvalue weighted by Gasteiger charge is -2.16. The van der Waals surface area contributed by atoms with E-state index < -0.39 is 0 Å². The lowest BCUT2D eigenvalue weighted by atomic mass is 10.0. The Bertz CT molecular complexity index is 379. The molecule has 0 saturated carbocycles. The smallest absolute Gasteiger partial charge is 0.120 e. The Morgan fingerprint density at radius 3 is 2.58 bits per heavy atom. The molecule has 0 aliphatic carbocycles. The number of ether oxygens (including phenoxy) is 1. The first kappa shape index (κ1) is 16.3. The van der Waals surface area contributed by atoms with Crippen LogP contribution in [0.4, 0.5) is 0 Å². The number of hydrogen-bond donors (Lipinski definition) is 1. The maximum absolute atomic E-state index is 6.20. The highest BCUT2D eigenvalue weighted by Crippen LogP contribution is 2.27. The van der Waals surface area contributed by atoms with Gasteiger partial charge in [-0.3, -0.25) is 0 Å². The Hall–Kier alpha value is -0.730. The summed E-state index contributed by atoms with van der Waals surface area (Å²) < 4.78 is 5.85. The zero-order valence-corrected chi connectivity index (χ0v) is 13.0. The van der Waals surface area contributed by atoms with E-state index in [9.17, 15) is 0 Å². The Morgan fingerprint density at radius 1 is 1.32 bits per heavy atom. The Kier molecular flexibility index (Phi) is 7.25. The van der Waals surface area contributed by atoms with Crippen LogP contribution in [0.5, 0.6) is 5.75 Å². The highest BCUT2D eigenvalue weighted by Gasteiger charge is 2.09. The van der Waals surface area contributed by atoms with Gasteiger partial charge in [0.1, 0.15) is 5.75 Å². The van der Waals surface area contributed by atoms with E-state index in [1.54, 1.807) is 0 Å². The predicted molar refractivity (Wildman–Crippen MR) is 82.9 cm³/mol. The Balaban J connectivity index is 2.55. The summed E-state index contributed by atoms with van der Waals surface area (Å²) in [7, 11) is 0. The maximum atomic E-state index is 6.20. The van der Waals surface area contributed by atoms with Crippen molar-refractivity contribution in [3.8, 4) is 5.75 Å². The quantitative estimate of drug-likeness (QED) is 0.732. The average Bonchev–Trinajstić information content (AvgIpc) is 2.38. The van der Waals surface area contributed by atoms with Gasteiger partial charge in [0.2, 0.25) is 0 Å². The van der Waals surface area contributed by atoms with Crippen molar-refractivity contribution in [2.45, 2.75) is 52.5 Å². The molecule has 0 bridgehead atoms. The average molecular weight is 284 g/mol. The molecule has 0 aliphatic heterocycles. The van der Waals surface area contributed by atoms with Crippen molar-refractivity contribution in [1.82, 2.24) is 0 Å². The van der Waals surface area contributed by atoms with Gasteiger partial charge >= 0.3 is 0 Å². The molecule has 2 nitrogen and oxygen atoms in total. The molecule has 1 aromatic carbocycles.